The molecule has 2 aromatic rings. The Hall–Kier alpha value is -2.53. The van der Waals surface area contributed by atoms with Crippen molar-refractivity contribution in [2.75, 3.05) is 6.61 Å². The van der Waals surface area contributed by atoms with Crippen LogP contribution in [0.2, 0.25) is 5.02 Å². The molecule has 0 saturated heterocycles. The van der Waals surface area contributed by atoms with Crippen molar-refractivity contribution in [1.82, 2.24) is 10.2 Å². The van der Waals surface area contributed by atoms with Crippen molar-refractivity contribution in [3.63, 3.8) is 0 Å². The van der Waals surface area contributed by atoms with E-state index in [2.05, 4.69) is 5.32 Å². The van der Waals surface area contributed by atoms with E-state index >= 15 is 0 Å². The van der Waals surface area contributed by atoms with Crippen LogP contribution in [0.3, 0.4) is 0 Å². The van der Waals surface area contributed by atoms with Crippen LogP contribution in [-0.2, 0) is 16.1 Å². The first-order chi connectivity index (χ1) is 13.8. The fourth-order valence-corrected chi connectivity index (χ4v) is 2.90. The summed E-state index contributed by atoms with van der Waals surface area (Å²) in [6.45, 7) is 7.85. The van der Waals surface area contributed by atoms with E-state index in [-0.39, 0.29) is 24.5 Å². The maximum Gasteiger partial charge on any atom is 0.261 e. The lowest BCUT2D eigenvalue weighted by Crippen LogP contribution is -2.50. The lowest BCUT2D eigenvalue weighted by Gasteiger charge is -2.29. The normalized spacial score (nSPS) is 12.7. The van der Waals surface area contributed by atoms with Gasteiger partial charge in [0.05, 0.1) is 0 Å². The largest absolute Gasteiger partial charge is 0.484 e. The summed E-state index contributed by atoms with van der Waals surface area (Å²) in [6, 6.07) is 14.2. The summed E-state index contributed by atoms with van der Waals surface area (Å²) in [7, 11) is 0. The minimum absolute atomic E-state index is 0.0454. The SMILES string of the molecule is CC[C@@H](C)NC(=O)[C@H](C)N(Cc1ccc(C)cc1)C(=O)COc1cccc(Cl)c1. The molecule has 0 spiro atoms. The van der Waals surface area contributed by atoms with Gasteiger partial charge >= 0.3 is 0 Å². The number of nitrogens with one attached hydrogen (secondary N) is 1. The van der Waals surface area contributed by atoms with Crippen LogP contribution in [-0.4, -0.2) is 35.4 Å². The molecule has 2 atom stereocenters. The van der Waals surface area contributed by atoms with Gasteiger partial charge < -0.3 is 15.0 Å². The first-order valence-electron chi connectivity index (χ1n) is 9.84. The molecule has 0 fully saturated rings. The molecule has 1 N–H and O–H groups in total. The summed E-state index contributed by atoms with van der Waals surface area (Å²) in [5, 5.41) is 3.48. The van der Waals surface area contributed by atoms with Crippen LogP contribution < -0.4 is 10.1 Å². The fourth-order valence-electron chi connectivity index (χ4n) is 2.72. The van der Waals surface area contributed by atoms with Crippen molar-refractivity contribution in [3.05, 3.63) is 64.7 Å². The predicted molar refractivity (Wildman–Crippen MR) is 116 cm³/mol. The highest BCUT2D eigenvalue weighted by atomic mass is 35.5. The minimum atomic E-state index is -0.624. The van der Waals surface area contributed by atoms with Gasteiger partial charge in [-0.15, -0.1) is 0 Å². The number of ether oxygens (including phenoxy) is 1. The molecule has 29 heavy (non-hydrogen) atoms. The summed E-state index contributed by atoms with van der Waals surface area (Å²) >= 11 is 5.97. The number of halogens is 1. The number of rotatable bonds is 9. The quantitative estimate of drug-likeness (QED) is 0.660. The van der Waals surface area contributed by atoms with Crippen LogP contribution in [0, 0.1) is 6.92 Å². The summed E-state index contributed by atoms with van der Waals surface area (Å²) < 4.78 is 5.61. The zero-order valence-corrected chi connectivity index (χ0v) is 18.2. The minimum Gasteiger partial charge on any atom is -0.484 e. The van der Waals surface area contributed by atoms with Crippen LogP contribution in [0.15, 0.2) is 48.5 Å². The first kappa shape index (κ1) is 22.8. The molecule has 0 aliphatic carbocycles. The maximum atomic E-state index is 13.0. The van der Waals surface area contributed by atoms with Gasteiger partial charge in [-0.05, 0) is 51.0 Å². The van der Waals surface area contributed by atoms with Crippen LogP contribution in [0.5, 0.6) is 5.75 Å². The third-order valence-electron chi connectivity index (χ3n) is 4.80. The maximum absolute atomic E-state index is 13.0. The molecule has 0 aliphatic rings. The third-order valence-corrected chi connectivity index (χ3v) is 5.04. The molecule has 6 heteroatoms. The second kappa shape index (κ2) is 10.9. The summed E-state index contributed by atoms with van der Waals surface area (Å²) in [4.78, 5) is 27.2. The highest BCUT2D eigenvalue weighted by Gasteiger charge is 2.27. The van der Waals surface area contributed by atoms with Gasteiger partial charge in [-0.2, -0.15) is 0 Å². The molecule has 0 aromatic heterocycles. The number of hydrogen-bond donors (Lipinski definition) is 1. The van der Waals surface area contributed by atoms with E-state index in [9.17, 15) is 9.59 Å². The van der Waals surface area contributed by atoms with E-state index in [0.29, 0.717) is 17.3 Å². The molecule has 156 valence electrons. The van der Waals surface area contributed by atoms with E-state index in [4.69, 9.17) is 16.3 Å². The number of benzene rings is 2. The second-order valence-electron chi connectivity index (χ2n) is 7.25. The smallest absolute Gasteiger partial charge is 0.261 e. The lowest BCUT2D eigenvalue weighted by atomic mass is 10.1. The van der Waals surface area contributed by atoms with Gasteiger partial charge in [-0.25, -0.2) is 0 Å². The average Bonchev–Trinajstić information content (AvgIpc) is 2.71. The molecule has 0 heterocycles. The Balaban J connectivity index is 2.14. The van der Waals surface area contributed by atoms with Crippen molar-refractivity contribution < 1.29 is 14.3 Å². The summed E-state index contributed by atoms with van der Waals surface area (Å²) in [5.41, 5.74) is 2.09. The highest BCUT2D eigenvalue weighted by Crippen LogP contribution is 2.18. The molecule has 0 aliphatic heterocycles. The van der Waals surface area contributed by atoms with Crippen LogP contribution in [0.4, 0.5) is 0 Å². The molecule has 2 aromatic carbocycles. The molecular weight excluding hydrogens is 388 g/mol. The number of amides is 2. The van der Waals surface area contributed by atoms with Gasteiger partial charge in [-0.3, -0.25) is 9.59 Å². The number of nitrogens with zero attached hydrogens (tertiary/aromatic N) is 1. The Morgan fingerprint density at radius 2 is 1.83 bits per heavy atom. The molecule has 0 bridgehead atoms. The number of carbonyl (C=O) groups excluding carboxylic acids is 2. The topological polar surface area (TPSA) is 58.6 Å². The molecule has 5 nitrogen and oxygen atoms in total. The second-order valence-corrected chi connectivity index (χ2v) is 7.68. The van der Waals surface area contributed by atoms with E-state index < -0.39 is 6.04 Å². The molecule has 2 rings (SSSR count). The van der Waals surface area contributed by atoms with E-state index in [1.165, 1.54) is 0 Å². The monoisotopic (exact) mass is 416 g/mol. The number of hydrogen-bond acceptors (Lipinski definition) is 3. The summed E-state index contributed by atoms with van der Waals surface area (Å²) in [5.74, 6) is 0.0674. The van der Waals surface area contributed by atoms with Gasteiger partial charge in [0.2, 0.25) is 5.91 Å². The summed E-state index contributed by atoms with van der Waals surface area (Å²) in [6.07, 6.45) is 0.822. The predicted octanol–water partition coefficient (Wildman–Crippen LogP) is 4.36. The average molecular weight is 417 g/mol. The van der Waals surface area contributed by atoms with Crippen molar-refractivity contribution >= 4 is 23.4 Å². The van der Waals surface area contributed by atoms with Gasteiger partial charge in [0.25, 0.3) is 5.91 Å². The highest BCUT2D eigenvalue weighted by molar-refractivity contribution is 6.30. The molecule has 0 radical (unpaired) electrons. The molecular formula is C23H29ClN2O3. The third kappa shape index (κ3) is 7.09. The van der Waals surface area contributed by atoms with E-state index in [1.54, 1.807) is 36.1 Å². The molecule has 0 saturated carbocycles. The van der Waals surface area contributed by atoms with E-state index in [1.807, 2.05) is 45.0 Å². The Morgan fingerprint density at radius 1 is 1.14 bits per heavy atom. The van der Waals surface area contributed by atoms with Gasteiger partial charge in [-0.1, -0.05) is 54.4 Å². The Morgan fingerprint density at radius 3 is 2.45 bits per heavy atom. The van der Waals surface area contributed by atoms with Crippen molar-refractivity contribution in [2.45, 2.75) is 52.7 Å². The molecule has 2 amide bonds. The Labute approximate surface area is 178 Å². The Bertz CT molecular complexity index is 823. The van der Waals surface area contributed by atoms with Gasteiger partial charge in [0.15, 0.2) is 6.61 Å². The van der Waals surface area contributed by atoms with Crippen molar-refractivity contribution in [2.24, 2.45) is 0 Å². The van der Waals surface area contributed by atoms with E-state index in [0.717, 1.165) is 17.5 Å². The van der Waals surface area contributed by atoms with Crippen molar-refractivity contribution in [1.29, 1.82) is 0 Å². The number of carbonyl (C=O) groups is 2. The van der Waals surface area contributed by atoms with Crippen LogP contribution in [0.1, 0.15) is 38.3 Å². The van der Waals surface area contributed by atoms with Crippen LogP contribution in [0.25, 0.3) is 0 Å². The lowest BCUT2D eigenvalue weighted by molar-refractivity contribution is -0.142. The fraction of sp³-hybridized carbons (Fsp3) is 0.391. The van der Waals surface area contributed by atoms with Gasteiger partial charge in [0.1, 0.15) is 11.8 Å². The zero-order chi connectivity index (χ0) is 21.4. The zero-order valence-electron chi connectivity index (χ0n) is 17.4. The first-order valence-corrected chi connectivity index (χ1v) is 10.2. The standard InChI is InChI=1S/C23H29ClN2O3/c1-5-17(3)25-23(28)18(4)26(14-19-11-9-16(2)10-12-19)22(27)15-29-21-8-6-7-20(24)13-21/h6-13,17-18H,5,14-15H2,1-4H3,(H,25,28)/t17-,18+/m1/s1. The van der Waals surface area contributed by atoms with Gasteiger partial charge in [0, 0.05) is 17.6 Å². The molecule has 0 unspecified atom stereocenters. The Kier molecular flexibility index (Phi) is 8.52. The van der Waals surface area contributed by atoms with Crippen LogP contribution >= 0.6 is 11.6 Å². The van der Waals surface area contributed by atoms with Crippen molar-refractivity contribution in [3.8, 4) is 5.75 Å². The number of aryl methyl sites for hydroxylation is 1.